The standard InChI is InChI=1S/C20H31N/c1-18(2,3)15-9-7-8-10-16(15)21-17-13-14-11-12-20(17,6)19(14,4)5/h7-10,14,17,21H,11-13H2,1-6H3. The van der Waals surface area contributed by atoms with E-state index >= 15 is 0 Å². The summed E-state index contributed by atoms with van der Waals surface area (Å²) in [5, 5.41) is 3.94. The van der Waals surface area contributed by atoms with Crippen molar-refractivity contribution < 1.29 is 0 Å². The lowest BCUT2D eigenvalue weighted by Gasteiger charge is -2.40. The Morgan fingerprint density at radius 1 is 1.10 bits per heavy atom. The van der Waals surface area contributed by atoms with Gasteiger partial charge in [0.05, 0.1) is 0 Å². The third-order valence-electron chi connectivity index (χ3n) is 6.86. The molecule has 1 aromatic carbocycles. The Hall–Kier alpha value is -0.980. The van der Waals surface area contributed by atoms with Crippen molar-refractivity contribution in [2.75, 3.05) is 5.32 Å². The molecular weight excluding hydrogens is 254 g/mol. The van der Waals surface area contributed by atoms with Gasteiger partial charge in [-0.1, -0.05) is 59.7 Å². The molecule has 1 heteroatoms. The van der Waals surface area contributed by atoms with E-state index in [9.17, 15) is 0 Å². The van der Waals surface area contributed by atoms with Crippen LogP contribution in [0.1, 0.15) is 66.4 Å². The molecule has 0 radical (unpaired) electrons. The molecule has 3 unspecified atom stereocenters. The number of rotatable bonds is 2. The first-order chi connectivity index (χ1) is 9.66. The Morgan fingerprint density at radius 2 is 1.76 bits per heavy atom. The molecule has 2 fully saturated rings. The van der Waals surface area contributed by atoms with Crippen molar-refractivity contribution in [1.29, 1.82) is 0 Å². The number of fused-ring (bicyclic) bond motifs is 2. The molecule has 2 bridgehead atoms. The van der Waals surface area contributed by atoms with Gasteiger partial charge in [-0.05, 0) is 53.1 Å². The van der Waals surface area contributed by atoms with Crippen LogP contribution in [-0.2, 0) is 5.41 Å². The van der Waals surface area contributed by atoms with Crippen LogP contribution in [0.3, 0.4) is 0 Å². The molecule has 1 nitrogen and oxygen atoms in total. The quantitative estimate of drug-likeness (QED) is 0.744. The van der Waals surface area contributed by atoms with Gasteiger partial charge in [0, 0.05) is 11.7 Å². The van der Waals surface area contributed by atoms with Gasteiger partial charge in [0.2, 0.25) is 0 Å². The van der Waals surface area contributed by atoms with Crippen molar-refractivity contribution in [2.24, 2.45) is 16.7 Å². The van der Waals surface area contributed by atoms with E-state index in [-0.39, 0.29) is 5.41 Å². The Morgan fingerprint density at radius 3 is 2.29 bits per heavy atom. The molecule has 3 rings (SSSR count). The number of benzene rings is 1. The second-order valence-electron chi connectivity index (χ2n) is 9.10. The lowest BCUT2D eigenvalue weighted by molar-refractivity contribution is 0.142. The molecule has 0 aliphatic heterocycles. The zero-order chi connectivity index (χ0) is 15.5. The first-order valence-electron chi connectivity index (χ1n) is 8.52. The number of hydrogen-bond donors (Lipinski definition) is 1. The minimum atomic E-state index is 0.192. The Labute approximate surface area is 130 Å². The fourth-order valence-corrected chi connectivity index (χ4v) is 4.87. The lowest BCUT2D eigenvalue weighted by Crippen LogP contribution is -2.40. The van der Waals surface area contributed by atoms with Crippen molar-refractivity contribution in [3.63, 3.8) is 0 Å². The summed E-state index contributed by atoms with van der Waals surface area (Å²) in [6.45, 7) is 14.4. The Kier molecular flexibility index (Phi) is 3.21. The van der Waals surface area contributed by atoms with Gasteiger partial charge >= 0.3 is 0 Å². The molecule has 3 atom stereocenters. The normalized spacial score (nSPS) is 34.2. The number of hydrogen-bond acceptors (Lipinski definition) is 1. The average Bonchev–Trinajstić information content (AvgIpc) is 2.71. The highest BCUT2D eigenvalue weighted by atomic mass is 15.0. The Balaban J connectivity index is 1.90. The third-order valence-corrected chi connectivity index (χ3v) is 6.86. The summed E-state index contributed by atoms with van der Waals surface area (Å²) < 4.78 is 0. The predicted octanol–water partition coefficient (Wildman–Crippen LogP) is 5.61. The van der Waals surface area contributed by atoms with Crippen molar-refractivity contribution in [3.8, 4) is 0 Å². The molecule has 2 aliphatic rings. The fraction of sp³-hybridized carbons (Fsp3) is 0.700. The molecule has 2 aliphatic carbocycles. The van der Waals surface area contributed by atoms with Crippen LogP contribution in [0.25, 0.3) is 0 Å². The number of nitrogens with one attached hydrogen (secondary N) is 1. The van der Waals surface area contributed by atoms with Crippen LogP contribution in [0, 0.1) is 16.7 Å². The maximum absolute atomic E-state index is 3.94. The van der Waals surface area contributed by atoms with Crippen LogP contribution in [0.4, 0.5) is 5.69 Å². The van der Waals surface area contributed by atoms with Gasteiger partial charge in [0.1, 0.15) is 0 Å². The molecule has 1 aromatic rings. The van der Waals surface area contributed by atoms with Crippen LogP contribution < -0.4 is 5.32 Å². The first-order valence-corrected chi connectivity index (χ1v) is 8.52. The van der Waals surface area contributed by atoms with Crippen molar-refractivity contribution in [2.45, 2.75) is 72.3 Å². The number of para-hydroxylation sites is 1. The second kappa shape index (κ2) is 4.51. The zero-order valence-electron chi connectivity index (χ0n) is 14.6. The van der Waals surface area contributed by atoms with Crippen LogP contribution in [0.15, 0.2) is 24.3 Å². The van der Waals surface area contributed by atoms with Crippen LogP contribution >= 0.6 is 0 Å². The Bertz CT molecular complexity index is 537. The molecule has 0 spiro atoms. The van der Waals surface area contributed by atoms with E-state index in [1.54, 1.807) is 0 Å². The highest BCUT2D eigenvalue weighted by molar-refractivity contribution is 5.55. The molecule has 2 saturated carbocycles. The molecule has 0 amide bonds. The van der Waals surface area contributed by atoms with Crippen molar-refractivity contribution >= 4 is 5.69 Å². The van der Waals surface area contributed by atoms with Gasteiger partial charge < -0.3 is 5.32 Å². The smallest absolute Gasteiger partial charge is 0.0380 e. The van der Waals surface area contributed by atoms with Gasteiger partial charge in [-0.3, -0.25) is 0 Å². The first kappa shape index (κ1) is 14.9. The predicted molar refractivity (Wildman–Crippen MR) is 91.8 cm³/mol. The second-order valence-corrected chi connectivity index (χ2v) is 9.10. The minimum Gasteiger partial charge on any atom is -0.381 e. The highest BCUT2D eigenvalue weighted by Crippen LogP contribution is 2.66. The largest absolute Gasteiger partial charge is 0.381 e. The summed E-state index contributed by atoms with van der Waals surface area (Å²) in [5.41, 5.74) is 3.88. The monoisotopic (exact) mass is 285 g/mol. The van der Waals surface area contributed by atoms with E-state index in [0.717, 1.165) is 5.92 Å². The highest BCUT2D eigenvalue weighted by Gasteiger charge is 2.61. The maximum atomic E-state index is 3.94. The third kappa shape index (κ3) is 2.12. The van der Waals surface area contributed by atoms with Gasteiger partial charge in [-0.2, -0.15) is 0 Å². The summed E-state index contributed by atoms with van der Waals surface area (Å²) in [7, 11) is 0. The van der Waals surface area contributed by atoms with E-state index in [2.05, 4.69) is 71.1 Å². The van der Waals surface area contributed by atoms with E-state index in [0.29, 0.717) is 16.9 Å². The summed E-state index contributed by atoms with van der Waals surface area (Å²) in [4.78, 5) is 0. The van der Waals surface area contributed by atoms with E-state index < -0.39 is 0 Å². The summed E-state index contributed by atoms with van der Waals surface area (Å²) in [6, 6.07) is 9.50. The van der Waals surface area contributed by atoms with Crippen LogP contribution in [0.5, 0.6) is 0 Å². The van der Waals surface area contributed by atoms with E-state index in [4.69, 9.17) is 0 Å². The number of anilines is 1. The molecule has 21 heavy (non-hydrogen) atoms. The topological polar surface area (TPSA) is 12.0 Å². The summed E-state index contributed by atoms with van der Waals surface area (Å²) in [5.74, 6) is 0.891. The fourth-order valence-electron chi connectivity index (χ4n) is 4.87. The maximum Gasteiger partial charge on any atom is 0.0380 e. The van der Waals surface area contributed by atoms with Crippen LogP contribution in [0.2, 0.25) is 0 Å². The van der Waals surface area contributed by atoms with Gasteiger partial charge in [0.25, 0.3) is 0 Å². The van der Waals surface area contributed by atoms with Gasteiger partial charge in [-0.15, -0.1) is 0 Å². The molecule has 0 heterocycles. The van der Waals surface area contributed by atoms with Crippen molar-refractivity contribution in [1.82, 2.24) is 0 Å². The molecular formula is C20H31N. The molecule has 116 valence electrons. The summed E-state index contributed by atoms with van der Waals surface area (Å²) in [6.07, 6.45) is 4.13. The lowest BCUT2D eigenvalue weighted by atomic mass is 9.69. The molecule has 1 N–H and O–H groups in total. The van der Waals surface area contributed by atoms with E-state index in [1.165, 1.54) is 30.5 Å². The summed E-state index contributed by atoms with van der Waals surface area (Å²) >= 11 is 0. The average molecular weight is 285 g/mol. The minimum absolute atomic E-state index is 0.192. The van der Waals surface area contributed by atoms with Crippen molar-refractivity contribution in [3.05, 3.63) is 29.8 Å². The molecule has 0 saturated heterocycles. The van der Waals surface area contributed by atoms with Gasteiger partial charge in [-0.25, -0.2) is 0 Å². The SMILES string of the molecule is CC(C)(C)c1ccccc1NC1CC2CCC1(C)C2(C)C. The van der Waals surface area contributed by atoms with E-state index in [1.807, 2.05) is 0 Å². The van der Waals surface area contributed by atoms with Crippen LogP contribution in [-0.4, -0.2) is 6.04 Å². The van der Waals surface area contributed by atoms with Gasteiger partial charge in [0.15, 0.2) is 0 Å². The zero-order valence-corrected chi connectivity index (χ0v) is 14.6. The molecule has 0 aromatic heterocycles.